The van der Waals surface area contributed by atoms with Crippen molar-refractivity contribution in [1.82, 2.24) is 4.57 Å². The van der Waals surface area contributed by atoms with Gasteiger partial charge in [0.15, 0.2) is 0 Å². The normalized spacial score (nSPS) is 11.8. The van der Waals surface area contributed by atoms with Crippen LogP contribution in [0.3, 0.4) is 0 Å². The van der Waals surface area contributed by atoms with Gasteiger partial charge in [0.2, 0.25) is 0 Å². The molecule has 2 nitrogen and oxygen atoms in total. The molecule has 0 saturated carbocycles. The minimum absolute atomic E-state index is 1.11. The fourth-order valence-corrected chi connectivity index (χ4v) is 10.1. The number of fused-ring (bicyclic) bond motifs is 9. The van der Waals surface area contributed by atoms with Crippen LogP contribution in [0.5, 0.6) is 0 Å². The quantitative estimate of drug-likeness (QED) is 0.174. The molecular formula is C48H30N2S2. The van der Waals surface area contributed by atoms with Crippen molar-refractivity contribution in [3.05, 3.63) is 182 Å². The van der Waals surface area contributed by atoms with Crippen LogP contribution in [0.25, 0.3) is 79.0 Å². The number of nitrogens with zero attached hydrogens (tertiary/aromatic N) is 2. The van der Waals surface area contributed by atoms with E-state index in [2.05, 4.69) is 191 Å². The van der Waals surface area contributed by atoms with Gasteiger partial charge in [-0.15, -0.1) is 22.7 Å². The van der Waals surface area contributed by atoms with Crippen molar-refractivity contribution in [3.8, 4) is 16.8 Å². The van der Waals surface area contributed by atoms with E-state index in [1.165, 1.54) is 79.0 Å². The Labute approximate surface area is 308 Å². The molecule has 0 unspecified atom stereocenters. The molecule has 0 aliphatic carbocycles. The molecule has 52 heavy (non-hydrogen) atoms. The predicted octanol–water partition coefficient (Wildman–Crippen LogP) is 14.7. The lowest BCUT2D eigenvalue weighted by atomic mass is 10.0. The maximum absolute atomic E-state index is 2.44. The van der Waals surface area contributed by atoms with Crippen molar-refractivity contribution in [1.29, 1.82) is 0 Å². The number of anilines is 3. The minimum Gasteiger partial charge on any atom is -0.310 e. The largest absolute Gasteiger partial charge is 0.310 e. The smallest absolute Gasteiger partial charge is 0.0561 e. The summed E-state index contributed by atoms with van der Waals surface area (Å²) in [6.45, 7) is 0. The van der Waals surface area contributed by atoms with Gasteiger partial charge in [-0.05, 0) is 96.1 Å². The molecule has 0 aliphatic rings. The van der Waals surface area contributed by atoms with E-state index < -0.39 is 0 Å². The van der Waals surface area contributed by atoms with Gasteiger partial charge in [0.05, 0.1) is 11.0 Å². The summed E-state index contributed by atoms with van der Waals surface area (Å²) in [5, 5.41) is 7.76. The highest BCUT2D eigenvalue weighted by molar-refractivity contribution is 7.26. The van der Waals surface area contributed by atoms with Crippen molar-refractivity contribution in [3.63, 3.8) is 0 Å². The molecule has 4 heteroatoms. The second kappa shape index (κ2) is 11.7. The van der Waals surface area contributed by atoms with Crippen LogP contribution in [0.4, 0.5) is 17.1 Å². The molecule has 0 bridgehead atoms. The second-order valence-corrected chi connectivity index (χ2v) is 15.5. The van der Waals surface area contributed by atoms with Gasteiger partial charge in [-0.1, -0.05) is 97.1 Å². The third-order valence-electron chi connectivity index (χ3n) is 10.4. The molecule has 0 radical (unpaired) electrons. The van der Waals surface area contributed by atoms with Crippen LogP contribution < -0.4 is 4.90 Å². The van der Waals surface area contributed by atoms with Crippen LogP contribution in [0, 0.1) is 0 Å². The molecule has 3 heterocycles. The SMILES string of the molecule is c1ccc(N(c2ccc(-c3ccc4sc5ccccc5c4c3)cc2)c2ccc3c4ccccc4n(-c4ccc5sc6ccccc6c5c4)c3c2)cc1. The third kappa shape index (κ3) is 4.62. The molecule has 0 amide bonds. The summed E-state index contributed by atoms with van der Waals surface area (Å²) >= 11 is 3.72. The Hall–Kier alpha value is -6.20. The van der Waals surface area contributed by atoms with E-state index in [1.54, 1.807) is 0 Å². The molecule has 8 aromatic carbocycles. The standard InChI is InChI=1S/C48H30N2S2/c1-2-10-33(11-3-1)49(34-21-18-31(19-22-34)32-20-26-47-41(28-32)39-13-5-8-16-45(39)51-47)36-23-25-38-37-12-4-7-15-43(37)50(44(38)30-36)35-24-27-48-42(29-35)40-14-6-9-17-46(40)52-48/h1-30H. The van der Waals surface area contributed by atoms with E-state index in [4.69, 9.17) is 0 Å². The highest BCUT2D eigenvalue weighted by Crippen LogP contribution is 2.42. The molecule has 11 rings (SSSR count). The topological polar surface area (TPSA) is 8.17 Å². The molecule has 0 aliphatic heterocycles. The average Bonchev–Trinajstić information content (AvgIpc) is 3.87. The van der Waals surface area contributed by atoms with Gasteiger partial charge in [0.25, 0.3) is 0 Å². The van der Waals surface area contributed by atoms with E-state index in [0.717, 1.165) is 17.1 Å². The lowest BCUT2D eigenvalue weighted by Gasteiger charge is -2.26. The average molecular weight is 699 g/mol. The molecule has 0 atom stereocenters. The summed E-state index contributed by atoms with van der Waals surface area (Å²) < 4.78 is 7.74. The maximum atomic E-state index is 2.44. The van der Waals surface area contributed by atoms with Crippen molar-refractivity contribution < 1.29 is 0 Å². The van der Waals surface area contributed by atoms with E-state index in [0.29, 0.717) is 0 Å². The molecule has 3 aromatic heterocycles. The Balaban J connectivity index is 1.06. The molecule has 11 aromatic rings. The number of thiophene rings is 2. The first-order valence-corrected chi connectivity index (χ1v) is 19.2. The van der Waals surface area contributed by atoms with Gasteiger partial charge >= 0.3 is 0 Å². The van der Waals surface area contributed by atoms with Crippen LogP contribution in [-0.2, 0) is 0 Å². The van der Waals surface area contributed by atoms with E-state index in [9.17, 15) is 0 Å². The number of hydrogen-bond donors (Lipinski definition) is 0. The lowest BCUT2D eigenvalue weighted by Crippen LogP contribution is -2.10. The molecule has 0 fully saturated rings. The van der Waals surface area contributed by atoms with Gasteiger partial charge in [-0.3, -0.25) is 0 Å². The number of rotatable bonds is 5. The molecular weight excluding hydrogens is 669 g/mol. The van der Waals surface area contributed by atoms with E-state index >= 15 is 0 Å². The Morgan fingerprint density at radius 3 is 1.62 bits per heavy atom. The first-order chi connectivity index (χ1) is 25.8. The van der Waals surface area contributed by atoms with Gasteiger partial charge in [0, 0.05) is 73.9 Å². The fourth-order valence-electron chi connectivity index (χ4n) is 7.96. The van der Waals surface area contributed by atoms with Crippen LogP contribution in [0.15, 0.2) is 182 Å². The monoisotopic (exact) mass is 698 g/mol. The van der Waals surface area contributed by atoms with E-state index in [1.807, 2.05) is 22.7 Å². The summed E-state index contributed by atoms with van der Waals surface area (Å²) in [5.74, 6) is 0. The van der Waals surface area contributed by atoms with E-state index in [-0.39, 0.29) is 0 Å². The highest BCUT2D eigenvalue weighted by Gasteiger charge is 2.18. The van der Waals surface area contributed by atoms with Crippen molar-refractivity contribution >= 4 is 102 Å². The minimum atomic E-state index is 1.11. The van der Waals surface area contributed by atoms with Crippen LogP contribution in [0.1, 0.15) is 0 Å². The summed E-state index contributed by atoms with van der Waals surface area (Å²) in [5.41, 5.74) is 9.36. The number of aromatic nitrogens is 1. The summed E-state index contributed by atoms with van der Waals surface area (Å²) in [4.78, 5) is 2.37. The first kappa shape index (κ1) is 29.5. The summed E-state index contributed by atoms with van der Waals surface area (Å²) in [6.07, 6.45) is 0. The second-order valence-electron chi connectivity index (χ2n) is 13.4. The van der Waals surface area contributed by atoms with Gasteiger partial charge in [-0.2, -0.15) is 0 Å². The molecule has 0 spiro atoms. The summed E-state index contributed by atoms with van der Waals surface area (Å²) in [7, 11) is 0. The predicted molar refractivity (Wildman–Crippen MR) is 227 cm³/mol. The van der Waals surface area contributed by atoms with Crippen molar-refractivity contribution in [2.45, 2.75) is 0 Å². The number of hydrogen-bond acceptors (Lipinski definition) is 3. The maximum Gasteiger partial charge on any atom is 0.0561 e. The lowest BCUT2D eigenvalue weighted by molar-refractivity contribution is 1.18. The van der Waals surface area contributed by atoms with Gasteiger partial charge in [-0.25, -0.2) is 0 Å². The molecule has 0 saturated heterocycles. The highest BCUT2D eigenvalue weighted by atomic mass is 32.1. The Bertz CT molecular complexity index is 3130. The Morgan fingerprint density at radius 2 is 0.865 bits per heavy atom. The number of benzene rings is 8. The zero-order valence-corrected chi connectivity index (χ0v) is 29.7. The van der Waals surface area contributed by atoms with Crippen LogP contribution in [-0.4, -0.2) is 4.57 Å². The van der Waals surface area contributed by atoms with Crippen molar-refractivity contribution in [2.75, 3.05) is 4.90 Å². The van der Waals surface area contributed by atoms with Gasteiger partial charge in [0.1, 0.15) is 0 Å². The zero-order valence-electron chi connectivity index (χ0n) is 28.0. The first-order valence-electron chi connectivity index (χ1n) is 17.6. The third-order valence-corrected chi connectivity index (χ3v) is 12.7. The Kier molecular flexibility index (Phi) is 6.63. The number of para-hydroxylation sites is 2. The van der Waals surface area contributed by atoms with Crippen LogP contribution in [0.2, 0.25) is 0 Å². The van der Waals surface area contributed by atoms with Gasteiger partial charge < -0.3 is 9.47 Å². The van der Waals surface area contributed by atoms with Crippen molar-refractivity contribution in [2.24, 2.45) is 0 Å². The Morgan fingerprint density at radius 1 is 0.327 bits per heavy atom. The van der Waals surface area contributed by atoms with Crippen LogP contribution >= 0.6 is 22.7 Å². The zero-order chi connectivity index (χ0) is 34.2. The summed E-state index contributed by atoms with van der Waals surface area (Å²) in [6, 6.07) is 66.7. The molecule has 244 valence electrons. The molecule has 0 N–H and O–H groups in total. The fraction of sp³-hybridized carbons (Fsp3) is 0.